The third kappa shape index (κ3) is 2.70. The van der Waals surface area contributed by atoms with E-state index < -0.39 is 12.0 Å². The van der Waals surface area contributed by atoms with Gasteiger partial charge in [0.15, 0.2) is 0 Å². The van der Waals surface area contributed by atoms with Crippen molar-refractivity contribution >= 4 is 46.3 Å². The fourth-order valence-electron chi connectivity index (χ4n) is 2.08. The Morgan fingerprint density at radius 1 is 1.48 bits per heavy atom. The van der Waals surface area contributed by atoms with E-state index in [0.717, 1.165) is 9.88 Å². The van der Waals surface area contributed by atoms with E-state index in [1.54, 1.807) is 18.3 Å². The Hall–Kier alpha value is -1.38. The lowest BCUT2D eigenvalue weighted by Gasteiger charge is -2.19. The zero-order valence-corrected chi connectivity index (χ0v) is 13.6. The van der Waals surface area contributed by atoms with Crippen LogP contribution in [0, 0.1) is 6.92 Å². The molecule has 1 fully saturated rings. The number of hydrogen-bond acceptors (Lipinski definition) is 6. The van der Waals surface area contributed by atoms with E-state index in [1.807, 2.05) is 17.5 Å². The Balaban J connectivity index is 1.90. The van der Waals surface area contributed by atoms with Crippen molar-refractivity contribution in [1.29, 1.82) is 0 Å². The molecule has 2 aromatic heterocycles. The van der Waals surface area contributed by atoms with Crippen molar-refractivity contribution in [2.24, 2.45) is 0 Å². The summed E-state index contributed by atoms with van der Waals surface area (Å²) in [5.74, 6) is -0.322. The molecule has 3 heterocycles. The average Bonchev–Trinajstić information content (AvgIpc) is 3.18. The number of aliphatic carboxylic acids is 1. The van der Waals surface area contributed by atoms with Crippen molar-refractivity contribution in [2.75, 3.05) is 11.6 Å². The van der Waals surface area contributed by atoms with E-state index in [2.05, 4.69) is 4.98 Å². The molecule has 110 valence electrons. The molecule has 2 aromatic rings. The van der Waals surface area contributed by atoms with Crippen LogP contribution in [0.4, 0.5) is 0 Å². The first-order valence-electron chi connectivity index (χ1n) is 6.20. The Bertz CT molecular complexity index is 681. The van der Waals surface area contributed by atoms with Crippen LogP contribution < -0.4 is 0 Å². The maximum Gasteiger partial charge on any atom is 0.327 e. The third-order valence-corrected chi connectivity index (χ3v) is 6.35. The lowest BCUT2D eigenvalue weighted by molar-refractivity contribution is -0.140. The van der Waals surface area contributed by atoms with Gasteiger partial charge >= 0.3 is 5.97 Å². The van der Waals surface area contributed by atoms with Crippen molar-refractivity contribution in [3.63, 3.8) is 0 Å². The van der Waals surface area contributed by atoms with Gasteiger partial charge in [-0.3, -0.25) is 4.79 Å². The quantitative estimate of drug-likeness (QED) is 0.930. The number of thiophene rings is 1. The largest absolute Gasteiger partial charge is 0.480 e. The number of carbonyl (C=O) groups is 2. The van der Waals surface area contributed by atoms with Crippen molar-refractivity contribution in [1.82, 2.24) is 9.88 Å². The Morgan fingerprint density at radius 3 is 2.95 bits per heavy atom. The number of carboxylic acids is 1. The molecule has 8 heteroatoms. The summed E-state index contributed by atoms with van der Waals surface area (Å²) in [7, 11) is 0. The smallest absolute Gasteiger partial charge is 0.327 e. The number of thioether (sulfide) groups is 1. The first kappa shape index (κ1) is 14.6. The molecule has 0 saturated carbocycles. The fraction of sp³-hybridized carbons (Fsp3) is 0.308. The summed E-state index contributed by atoms with van der Waals surface area (Å²) in [5, 5.41) is 12.0. The molecular weight excluding hydrogens is 328 g/mol. The van der Waals surface area contributed by atoms with Gasteiger partial charge in [0.25, 0.3) is 5.91 Å². The van der Waals surface area contributed by atoms with Crippen LogP contribution in [0.2, 0.25) is 0 Å². The normalized spacial score (nSPS) is 18.1. The molecule has 5 nitrogen and oxygen atoms in total. The van der Waals surface area contributed by atoms with Crippen LogP contribution in [0.5, 0.6) is 0 Å². The number of rotatable bonds is 3. The van der Waals surface area contributed by atoms with Crippen LogP contribution in [-0.2, 0) is 4.79 Å². The number of aryl methyl sites for hydroxylation is 1. The van der Waals surface area contributed by atoms with E-state index >= 15 is 0 Å². The standard InChI is InChI=1S/C13H12N2O3S3/c1-7-10(21-11(14-7)9-3-2-4-20-9)12(16)15-6-19-5-8(15)13(17)18/h2-4,8H,5-6H2,1H3,(H,17,18)/t8-/m0/s1. The van der Waals surface area contributed by atoms with E-state index in [0.29, 0.717) is 22.2 Å². The number of amides is 1. The highest BCUT2D eigenvalue weighted by atomic mass is 32.2. The molecule has 0 spiro atoms. The second-order valence-corrected chi connectivity index (χ2v) is 7.49. The minimum atomic E-state index is -0.950. The first-order valence-corrected chi connectivity index (χ1v) is 9.06. The van der Waals surface area contributed by atoms with Crippen LogP contribution >= 0.6 is 34.4 Å². The molecule has 1 atom stereocenters. The predicted molar refractivity (Wildman–Crippen MR) is 85.1 cm³/mol. The molecule has 0 radical (unpaired) electrons. The topological polar surface area (TPSA) is 70.5 Å². The van der Waals surface area contributed by atoms with Gasteiger partial charge in [-0.1, -0.05) is 6.07 Å². The summed E-state index contributed by atoms with van der Waals surface area (Å²) in [4.78, 5) is 31.2. The monoisotopic (exact) mass is 340 g/mol. The van der Waals surface area contributed by atoms with Crippen molar-refractivity contribution in [3.05, 3.63) is 28.1 Å². The number of aromatic nitrogens is 1. The van der Waals surface area contributed by atoms with Gasteiger partial charge in [-0.25, -0.2) is 9.78 Å². The molecular formula is C13H12N2O3S3. The van der Waals surface area contributed by atoms with Gasteiger partial charge in [0.2, 0.25) is 0 Å². The minimum Gasteiger partial charge on any atom is -0.480 e. The molecule has 1 aliphatic rings. The van der Waals surface area contributed by atoms with Gasteiger partial charge < -0.3 is 10.0 Å². The summed E-state index contributed by atoms with van der Waals surface area (Å²) < 4.78 is 0. The Kier molecular flexibility index (Phi) is 4.01. The summed E-state index contributed by atoms with van der Waals surface area (Å²) in [6.07, 6.45) is 0. The van der Waals surface area contributed by atoms with Crippen LogP contribution in [-0.4, -0.2) is 44.5 Å². The van der Waals surface area contributed by atoms with Crippen molar-refractivity contribution < 1.29 is 14.7 Å². The van der Waals surface area contributed by atoms with Crippen LogP contribution in [0.25, 0.3) is 9.88 Å². The third-order valence-electron chi connectivity index (χ3n) is 3.15. The van der Waals surface area contributed by atoms with Crippen LogP contribution in [0.15, 0.2) is 17.5 Å². The number of carbonyl (C=O) groups excluding carboxylic acids is 1. The minimum absolute atomic E-state index is 0.231. The SMILES string of the molecule is Cc1nc(-c2cccs2)sc1C(=O)N1CSC[C@H]1C(=O)O. The molecule has 1 N–H and O–H groups in total. The van der Waals surface area contributed by atoms with Crippen LogP contribution in [0.1, 0.15) is 15.4 Å². The van der Waals surface area contributed by atoms with Gasteiger partial charge in [0, 0.05) is 5.75 Å². The summed E-state index contributed by atoms with van der Waals surface area (Å²) in [6, 6.07) is 3.16. The molecule has 3 rings (SSSR count). The van der Waals surface area contributed by atoms with E-state index in [4.69, 9.17) is 0 Å². The fourth-order valence-corrected chi connectivity index (χ4v) is 5.04. The summed E-state index contributed by atoms with van der Waals surface area (Å²) in [6.45, 7) is 1.79. The number of carboxylic acid groups (broad SMARTS) is 1. The predicted octanol–water partition coefficient (Wildman–Crippen LogP) is 2.78. The average molecular weight is 340 g/mol. The van der Waals surface area contributed by atoms with Crippen LogP contribution in [0.3, 0.4) is 0 Å². The van der Waals surface area contributed by atoms with Gasteiger partial charge in [-0.15, -0.1) is 34.4 Å². The number of thiazole rings is 1. The van der Waals surface area contributed by atoms with E-state index in [9.17, 15) is 14.7 Å². The van der Waals surface area contributed by atoms with E-state index in [-0.39, 0.29) is 5.91 Å². The van der Waals surface area contributed by atoms with Gasteiger partial charge in [-0.2, -0.15) is 0 Å². The zero-order chi connectivity index (χ0) is 15.0. The maximum absolute atomic E-state index is 12.6. The van der Waals surface area contributed by atoms with Gasteiger partial charge in [0.1, 0.15) is 15.9 Å². The van der Waals surface area contributed by atoms with Crippen molar-refractivity contribution in [3.8, 4) is 9.88 Å². The van der Waals surface area contributed by atoms with Gasteiger partial charge in [-0.05, 0) is 18.4 Å². The molecule has 1 amide bonds. The lowest BCUT2D eigenvalue weighted by Crippen LogP contribution is -2.41. The maximum atomic E-state index is 12.6. The highest BCUT2D eigenvalue weighted by Crippen LogP contribution is 2.33. The van der Waals surface area contributed by atoms with Crippen molar-refractivity contribution in [2.45, 2.75) is 13.0 Å². The summed E-state index contributed by atoms with van der Waals surface area (Å²) in [5.41, 5.74) is 0.662. The van der Waals surface area contributed by atoms with E-state index in [1.165, 1.54) is 28.0 Å². The molecule has 1 saturated heterocycles. The molecule has 0 unspecified atom stereocenters. The Morgan fingerprint density at radius 2 is 2.29 bits per heavy atom. The zero-order valence-electron chi connectivity index (χ0n) is 11.1. The highest BCUT2D eigenvalue weighted by molar-refractivity contribution is 7.99. The molecule has 0 bridgehead atoms. The Labute approximate surface area is 133 Å². The first-order chi connectivity index (χ1) is 10.1. The molecule has 21 heavy (non-hydrogen) atoms. The molecule has 1 aliphatic heterocycles. The second-order valence-electron chi connectivity index (χ2n) is 4.54. The van der Waals surface area contributed by atoms with Gasteiger partial charge in [0.05, 0.1) is 16.4 Å². The highest BCUT2D eigenvalue weighted by Gasteiger charge is 2.36. The lowest BCUT2D eigenvalue weighted by atomic mass is 10.2. The summed E-state index contributed by atoms with van der Waals surface area (Å²) >= 11 is 4.37. The number of nitrogens with zero attached hydrogens (tertiary/aromatic N) is 2. The molecule has 0 aromatic carbocycles. The molecule has 0 aliphatic carbocycles. The second kappa shape index (κ2) is 5.78. The number of hydrogen-bond donors (Lipinski definition) is 1.